The number of para-hydroxylation sites is 1. The molecular weight excluding hydrogens is 408 g/mol. The van der Waals surface area contributed by atoms with E-state index in [4.69, 9.17) is 0 Å². The molecule has 1 aliphatic rings. The zero-order chi connectivity index (χ0) is 21.8. The van der Waals surface area contributed by atoms with Crippen LogP contribution in [0.15, 0.2) is 35.3 Å². The first kappa shape index (κ1) is 21.3. The summed E-state index contributed by atoms with van der Waals surface area (Å²) in [5, 5.41) is 9.23. The molecule has 0 unspecified atom stereocenters. The molecule has 1 aromatic carbocycles. The fourth-order valence-corrected chi connectivity index (χ4v) is 4.67. The number of aromatic nitrogens is 4. The van der Waals surface area contributed by atoms with Gasteiger partial charge in [-0.3, -0.25) is 4.99 Å². The van der Waals surface area contributed by atoms with E-state index in [2.05, 4.69) is 78.7 Å². The molecule has 0 saturated carbocycles. The fraction of sp³-hybridized carbons (Fsp3) is 0.455. The Morgan fingerprint density at radius 2 is 1.94 bits per heavy atom. The fourth-order valence-electron chi connectivity index (χ4n) is 3.87. The molecule has 2 aromatic heterocycles. The van der Waals surface area contributed by atoms with Crippen molar-refractivity contribution in [1.82, 2.24) is 29.4 Å². The Hall–Kier alpha value is -2.94. The van der Waals surface area contributed by atoms with E-state index < -0.39 is 0 Å². The van der Waals surface area contributed by atoms with Gasteiger partial charge in [0.25, 0.3) is 0 Å². The lowest BCUT2D eigenvalue weighted by Gasteiger charge is -2.36. The summed E-state index contributed by atoms with van der Waals surface area (Å²) in [6.45, 7) is 10.5. The maximum atomic E-state index is 4.66. The molecule has 0 atom stereocenters. The highest BCUT2D eigenvalue weighted by Gasteiger charge is 2.22. The largest absolute Gasteiger partial charge is 0.352 e. The van der Waals surface area contributed by atoms with E-state index in [1.54, 1.807) is 0 Å². The van der Waals surface area contributed by atoms with Gasteiger partial charge in [0, 0.05) is 63.4 Å². The predicted octanol–water partition coefficient (Wildman–Crippen LogP) is 2.80. The highest BCUT2D eigenvalue weighted by molar-refractivity contribution is 7.09. The van der Waals surface area contributed by atoms with Crippen molar-refractivity contribution in [3.8, 4) is 5.69 Å². The molecule has 3 heterocycles. The van der Waals surface area contributed by atoms with Crippen molar-refractivity contribution >= 4 is 22.6 Å². The van der Waals surface area contributed by atoms with Crippen LogP contribution in [0.25, 0.3) is 5.69 Å². The summed E-state index contributed by atoms with van der Waals surface area (Å²) in [5.41, 5.74) is 4.45. The van der Waals surface area contributed by atoms with Gasteiger partial charge in [-0.1, -0.05) is 25.1 Å². The third-order valence-electron chi connectivity index (χ3n) is 5.50. The molecular formula is C22H30N8S. The molecule has 0 amide bonds. The van der Waals surface area contributed by atoms with Crippen LogP contribution in [0, 0.1) is 13.8 Å². The Labute approximate surface area is 187 Å². The van der Waals surface area contributed by atoms with Crippen LogP contribution in [0.2, 0.25) is 0 Å². The average molecular weight is 439 g/mol. The molecule has 1 N–H and O–H groups in total. The van der Waals surface area contributed by atoms with E-state index in [0.717, 1.165) is 66.6 Å². The molecule has 0 radical (unpaired) electrons. The summed E-state index contributed by atoms with van der Waals surface area (Å²) in [7, 11) is 1.85. The van der Waals surface area contributed by atoms with E-state index in [0.29, 0.717) is 6.54 Å². The SMILES string of the molecule is CCc1nsc(N2CCN(C(=NC)NCc3ccccc3-n3nc(C)cc3C)CC2)n1. The van der Waals surface area contributed by atoms with Crippen LogP contribution in [0.4, 0.5) is 5.13 Å². The van der Waals surface area contributed by atoms with Crippen LogP contribution in [-0.2, 0) is 13.0 Å². The molecule has 0 spiro atoms. The quantitative estimate of drug-likeness (QED) is 0.488. The Morgan fingerprint density at radius 1 is 1.16 bits per heavy atom. The second kappa shape index (κ2) is 9.47. The highest BCUT2D eigenvalue weighted by Crippen LogP contribution is 2.20. The van der Waals surface area contributed by atoms with Crippen LogP contribution in [0.1, 0.15) is 29.7 Å². The topological polar surface area (TPSA) is 74.5 Å². The minimum absolute atomic E-state index is 0.692. The van der Waals surface area contributed by atoms with Gasteiger partial charge < -0.3 is 15.1 Å². The van der Waals surface area contributed by atoms with Crippen molar-refractivity contribution in [2.24, 2.45) is 4.99 Å². The first-order valence-corrected chi connectivity index (χ1v) is 11.5. The number of rotatable bonds is 5. The van der Waals surface area contributed by atoms with Crippen molar-refractivity contribution in [3.05, 3.63) is 53.1 Å². The van der Waals surface area contributed by atoms with Gasteiger partial charge in [-0.15, -0.1) is 0 Å². The van der Waals surface area contributed by atoms with Crippen molar-refractivity contribution in [3.63, 3.8) is 0 Å². The second-order valence-corrected chi connectivity index (χ2v) is 8.42. The number of anilines is 1. The third-order valence-corrected chi connectivity index (χ3v) is 6.32. The Bertz CT molecular complexity index is 1050. The van der Waals surface area contributed by atoms with Crippen LogP contribution < -0.4 is 10.2 Å². The predicted molar refractivity (Wildman–Crippen MR) is 126 cm³/mol. The Morgan fingerprint density at radius 3 is 2.58 bits per heavy atom. The minimum atomic E-state index is 0.692. The average Bonchev–Trinajstić information content (AvgIpc) is 3.41. The first-order valence-electron chi connectivity index (χ1n) is 10.7. The van der Waals surface area contributed by atoms with E-state index in [9.17, 15) is 0 Å². The van der Waals surface area contributed by atoms with Gasteiger partial charge in [-0.05, 0) is 31.5 Å². The van der Waals surface area contributed by atoms with E-state index in [1.807, 2.05) is 18.7 Å². The number of hydrogen-bond donors (Lipinski definition) is 1. The number of hydrogen-bond acceptors (Lipinski definition) is 6. The van der Waals surface area contributed by atoms with Gasteiger partial charge in [-0.25, -0.2) is 9.67 Å². The van der Waals surface area contributed by atoms with Crippen LogP contribution in [0.5, 0.6) is 0 Å². The monoisotopic (exact) mass is 438 g/mol. The van der Waals surface area contributed by atoms with Crippen molar-refractivity contribution in [1.29, 1.82) is 0 Å². The maximum Gasteiger partial charge on any atom is 0.205 e. The molecule has 1 fully saturated rings. The number of aliphatic imine (C=N–C) groups is 1. The molecule has 4 rings (SSSR count). The van der Waals surface area contributed by atoms with E-state index >= 15 is 0 Å². The Kier molecular flexibility index (Phi) is 6.50. The summed E-state index contributed by atoms with van der Waals surface area (Å²) in [5.74, 6) is 1.86. The van der Waals surface area contributed by atoms with Gasteiger partial charge in [0.2, 0.25) is 5.13 Å². The van der Waals surface area contributed by atoms with Crippen molar-refractivity contribution in [2.45, 2.75) is 33.7 Å². The van der Waals surface area contributed by atoms with E-state index in [-0.39, 0.29) is 0 Å². The number of nitrogens with zero attached hydrogens (tertiary/aromatic N) is 7. The highest BCUT2D eigenvalue weighted by atomic mass is 32.1. The van der Waals surface area contributed by atoms with Gasteiger partial charge >= 0.3 is 0 Å². The van der Waals surface area contributed by atoms with Crippen LogP contribution in [0.3, 0.4) is 0 Å². The minimum Gasteiger partial charge on any atom is -0.352 e. The molecule has 1 aliphatic heterocycles. The van der Waals surface area contributed by atoms with Crippen LogP contribution in [-0.4, -0.2) is 63.2 Å². The van der Waals surface area contributed by atoms with E-state index in [1.165, 1.54) is 17.1 Å². The standard InChI is InChI=1S/C22H30N8S/c1-5-20-25-22(31-27-20)29-12-10-28(11-13-29)21(23-4)24-15-18-8-6-7-9-19(18)30-17(3)14-16(2)26-30/h6-9,14H,5,10-13,15H2,1-4H3,(H,23,24). The summed E-state index contributed by atoms with van der Waals surface area (Å²) in [6, 6.07) is 10.5. The number of guanidine groups is 1. The zero-order valence-corrected chi connectivity index (χ0v) is 19.5. The van der Waals surface area contributed by atoms with Crippen molar-refractivity contribution < 1.29 is 0 Å². The Balaban J connectivity index is 1.39. The lowest BCUT2D eigenvalue weighted by atomic mass is 10.1. The van der Waals surface area contributed by atoms with Gasteiger partial charge in [0.05, 0.1) is 11.4 Å². The lowest BCUT2D eigenvalue weighted by Crippen LogP contribution is -2.52. The number of piperazine rings is 1. The number of benzene rings is 1. The number of nitrogens with one attached hydrogen (secondary N) is 1. The van der Waals surface area contributed by atoms with Gasteiger partial charge in [-0.2, -0.15) is 9.47 Å². The summed E-state index contributed by atoms with van der Waals surface area (Å²) >= 11 is 1.50. The molecule has 0 aliphatic carbocycles. The molecule has 9 heteroatoms. The molecule has 0 bridgehead atoms. The molecule has 1 saturated heterocycles. The molecule has 164 valence electrons. The van der Waals surface area contributed by atoms with Gasteiger partial charge in [0.15, 0.2) is 5.96 Å². The summed E-state index contributed by atoms with van der Waals surface area (Å²) < 4.78 is 6.43. The summed E-state index contributed by atoms with van der Waals surface area (Å²) in [6.07, 6.45) is 0.881. The zero-order valence-electron chi connectivity index (χ0n) is 18.7. The normalized spacial score (nSPS) is 14.9. The van der Waals surface area contributed by atoms with Gasteiger partial charge in [0.1, 0.15) is 5.82 Å². The lowest BCUT2D eigenvalue weighted by molar-refractivity contribution is 0.372. The third kappa shape index (κ3) is 4.71. The summed E-state index contributed by atoms with van der Waals surface area (Å²) in [4.78, 5) is 13.8. The molecule has 3 aromatic rings. The van der Waals surface area contributed by atoms with Crippen LogP contribution >= 0.6 is 11.5 Å². The molecule has 31 heavy (non-hydrogen) atoms. The maximum absolute atomic E-state index is 4.66. The first-order chi connectivity index (χ1) is 15.1. The molecule has 8 nitrogen and oxygen atoms in total. The van der Waals surface area contributed by atoms with Crippen molar-refractivity contribution in [2.75, 3.05) is 38.1 Å². The second-order valence-electron chi connectivity index (χ2n) is 7.69. The smallest absolute Gasteiger partial charge is 0.205 e. The number of aryl methyl sites for hydroxylation is 3.